The predicted octanol–water partition coefficient (Wildman–Crippen LogP) is 3.55. The predicted molar refractivity (Wildman–Crippen MR) is 89.2 cm³/mol. The van der Waals surface area contributed by atoms with Crippen LogP contribution in [0.1, 0.15) is 52.7 Å². The van der Waals surface area contributed by atoms with Gasteiger partial charge in [-0.2, -0.15) is 0 Å². The van der Waals surface area contributed by atoms with Crippen molar-refractivity contribution < 1.29 is 19.1 Å². The van der Waals surface area contributed by atoms with Crippen LogP contribution < -0.4 is 5.32 Å². The van der Waals surface area contributed by atoms with E-state index in [-0.39, 0.29) is 18.6 Å². The van der Waals surface area contributed by atoms with Crippen LogP contribution in [0.2, 0.25) is 0 Å². The third kappa shape index (κ3) is 7.68. The fraction of sp³-hybridized carbons (Fsp3) is 0.556. The van der Waals surface area contributed by atoms with Crippen molar-refractivity contribution in [2.45, 2.75) is 59.2 Å². The van der Waals surface area contributed by atoms with Crippen molar-refractivity contribution in [3.8, 4) is 0 Å². The van der Waals surface area contributed by atoms with Gasteiger partial charge in [0.2, 0.25) is 0 Å². The molecule has 0 unspecified atom stereocenters. The minimum absolute atomic E-state index is 0.0898. The lowest BCUT2D eigenvalue weighted by Crippen LogP contribution is -2.36. The van der Waals surface area contributed by atoms with Gasteiger partial charge in [-0.3, -0.25) is 4.79 Å². The molecule has 5 nitrogen and oxygen atoms in total. The molecule has 1 rings (SSSR count). The van der Waals surface area contributed by atoms with E-state index in [1.54, 1.807) is 20.8 Å². The number of nitrogens with one attached hydrogen (secondary N) is 1. The highest BCUT2D eigenvalue weighted by molar-refractivity contribution is 5.78. The van der Waals surface area contributed by atoms with E-state index in [4.69, 9.17) is 9.47 Å². The molecule has 0 saturated carbocycles. The molecule has 0 aliphatic carbocycles. The Balaban J connectivity index is 2.38. The number of alkyl carbamates (subject to hydrolysis) is 1. The Hall–Kier alpha value is -2.04. The quantitative estimate of drug-likeness (QED) is 0.861. The summed E-state index contributed by atoms with van der Waals surface area (Å²) in [7, 11) is 0. The van der Waals surface area contributed by atoms with Crippen LogP contribution >= 0.6 is 0 Å². The van der Waals surface area contributed by atoms with Crippen molar-refractivity contribution in [3.05, 3.63) is 35.4 Å². The van der Waals surface area contributed by atoms with Crippen LogP contribution in [-0.2, 0) is 26.3 Å². The van der Waals surface area contributed by atoms with E-state index in [0.717, 1.165) is 5.56 Å². The first-order chi connectivity index (χ1) is 10.5. The maximum absolute atomic E-state index is 11.6. The SMILES string of the molecule is CC(C)(C)OC(=O)NCC(=O)OCc1ccc(C(C)(C)C)cc1. The molecule has 0 aliphatic rings. The molecule has 0 heterocycles. The average molecular weight is 321 g/mol. The van der Waals surface area contributed by atoms with Gasteiger partial charge in [-0.25, -0.2) is 4.79 Å². The van der Waals surface area contributed by atoms with Crippen molar-refractivity contribution in [1.29, 1.82) is 0 Å². The number of carbonyl (C=O) groups excluding carboxylic acids is 2. The van der Waals surface area contributed by atoms with Gasteiger partial charge in [-0.15, -0.1) is 0 Å². The maximum Gasteiger partial charge on any atom is 0.408 e. The highest BCUT2D eigenvalue weighted by Gasteiger charge is 2.17. The number of ether oxygens (including phenoxy) is 2. The number of carbonyl (C=O) groups is 2. The summed E-state index contributed by atoms with van der Waals surface area (Å²) in [5, 5.41) is 2.37. The van der Waals surface area contributed by atoms with Gasteiger partial charge < -0.3 is 14.8 Å². The van der Waals surface area contributed by atoms with E-state index in [0.29, 0.717) is 0 Å². The largest absolute Gasteiger partial charge is 0.460 e. The van der Waals surface area contributed by atoms with Crippen LogP contribution in [0.4, 0.5) is 4.79 Å². The Morgan fingerprint density at radius 2 is 1.57 bits per heavy atom. The minimum Gasteiger partial charge on any atom is -0.460 e. The standard InChI is InChI=1S/C18H27NO4/c1-17(2,3)14-9-7-13(8-10-14)12-22-15(20)11-19-16(21)23-18(4,5)6/h7-10H,11-12H2,1-6H3,(H,19,21). The monoisotopic (exact) mass is 321 g/mol. The van der Waals surface area contributed by atoms with Crippen molar-refractivity contribution in [1.82, 2.24) is 5.32 Å². The van der Waals surface area contributed by atoms with E-state index in [2.05, 4.69) is 26.1 Å². The molecule has 0 spiro atoms. The molecule has 128 valence electrons. The second-order valence-electron chi connectivity index (χ2n) is 7.46. The van der Waals surface area contributed by atoms with Crippen LogP contribution in [-0.4, -0.2) is 24.2 Å². The summed E-state index contributed by atoms with van der Waals surface area (Å²) in [6, 6.07) is 7.94. The highest BCUT2D eigenvalue weighted by Crippen LogP contribution is 2.22. The van der Waals surface area contributed by atoms with Crippen LogP contribution in [0.15, 0.2) is 24.3 Å². The molecule has 0 radical (unpaired) electrons. The zero-order valence-corrected chi connectivity index (χ0v) is 14.9. The smallest absolute Gasteiger partial charge is 0.408 e. The zero-order chi connectivity index (χ0) is 17.7. The summed E-state index contributed by atoms with van der Waals surface area (Å²) in [5.74, 6) is -0.504. The minimum atomic E-state index is -0.635. The lowest BCUT2D eigenvalue weighted by molar-refractivity contribution is -0.143. The molecular formula is C18H27NO4. The van der Waals surface area contributed by atoms with Crippen LogP contribution in [0.25, 0.3) is 0 Å². The van der Waals surface area contributed by atoms with Gasteiger partial charge in [0, 0.05) is 0 Å². The molecule has 23 heavy (non-hydrogen) atoms. The number of rotatable bonds is 4. The molecule has 0 aromatic heterocycles. The average Bonchev–Trinajstić information content (AvgIpc) is 2.40. The fourth-order valence-electron chi connectivity index (χ4n) is 1.77. The molecule has 0 aliphatic heterocycles. The summed E-state index contributed by atoms with van der Waals surface area (Å²) in [6.07, 6.45) is -0.635. The fourth-order valence-corrected chi connectivity index (χ4v) is 1.77. The summed E-state index contributed by atoms with van der Waals surface area (Å²) in [6.45, 7) is 11.7. The Bertz CT molecular complexity index is 536. The Labute approximate surface area is 138 Å². The molecule has 1 aromatic carbocycles. The summed E-state index contributed by atoms with van der Waals surface area (Å²) in [5.41, 5.74) is 1.62. The number of hydrogen-bond donors (Lipinski definition) is 1. The highest BCUT2D eigenvalue weighted by atomic mass is 16.6. The third-order valence-corrected chi connectivity index (χ3v) is 3.00. The van der Waals surface area contributed by atoms with Gasteiger partial charge in [0.25, 0.3) is 0 Å². The number of amides is 1. The van der Waals surface area contributed by atoms with Crippen molar-refractivity contribution in [2.24, 2.45) is 0 Å². The van der Waals surface area contributed by atoms with E-state index in [9.17, 15) is 9.59 Å². The van der Waals surface area contributed by atoms with Gasteiger partial charge in [-0.05, 0) is 37.3 Å². The van der Waals surface area contributed by atoms with Gasteiger partial charge in [0.1, 0.15) is 18.8 Å². The Morgan fingerprint density at radius 1 is 1.00 bits per heavy atom. The molecule has 1 aromatic rings. The molecule has 1 N–H and O–H groups in total. The Morgan fingerprint density at radius 3 is 2.04 bits per heavy atom. The van der Waals surface area contributed by atoms with Crippen LogP contribution in [0, 0.1) is 0 Å². The molecule has 0 bridgehead atoms. The van der Waals surface area contributed by atoms with Gasteiger partial charge in [-0.1, -0.05) is 45.0 Å². The normalized spacial score (nSPS) is 11.7. The lowest BCUT2D eigenvalue weighted by Gasteiger charge is -2.19. The van der Waals surface area contributed by atoms with Gasteiger partial charge in [0.15, 0.2) is 0 Å². The lowest BCUT2D eigenvalue weighted by atomic mass is 9.87. The molecule has 1 amide bonds. The summed E-state index contributed by atoms with van der Waals surface area (Å²) < 4.78 is 10.2. The number of hydrogen-bond acceptors (Lipinski definition) is 4. The van der Waals surface area contributed by atoms with E-state index in [1.807, 2.05) is 24.3 Å². The molecule has 0 saturated heterocycles. The first kappa shape index (κ1) is 19.0. The first-order valence-corrected chi connectivity index (χ1v) is 7.69. The summed E-state index contributed by atoms with van der Waals surface area (Å²) >= 11 is 0. The van der Waals surface area contributed by atoms with Crippen molar-refractivity contribution in [2.75, 3.05) is 6.54 Å². The summed E-state index contributed by atoms with van der Waals surface area (Å²) in [4.78, 5) is 23.0. The maximum atomic E-state index is 11.6. The van der Waals surface area contributed by atoms with Crippen LogP contribution in [0.5, 0.6) is 0 Å². The zero-order valence-electron chi connectivity index (χ0n) is 14.9. The second-order valence-corrected chi connectivity index (χ2v) is 7.46. The van der Waals surface area contributed by atoms with E-state index < -0.39 is 17.7 Å². The molecule has 0 fully saturated rings. The van der Waals surface area contributed by atoms with Crippen molar-refractivity contribution >= 4 is 12.1 Å². The topological polar surface area (TPSA) is 64.6 Å². The van der Waals surface area contributed by atoms with Crippen LogP contribution in [0.3, 0.4) is 0 Å². The first-order valence-electron chi connectivity index (χ1n) is 7.69. The van der Waals surface area contributed by atoms with Gasteiger partial charge in [0.05, 0.1) is 0 Å². The van der Waals surface area contributed by atoms with E-state index in [1.165, 1.54) is 5.56 Å². The number of benzene rings is 1. The van der Waals surface area contributed by atoms with E-state index >= 15 is 0 Å². The van der Waals surface area contributed by atoms with Gasteiger partial charge >= 0.3 is 12.1 Å². The van der Waals surface area contributed by atoms with Crippen molar-refractivity contribution in [3.63, 3.8) is 0 Å². The molecule has 5 heteroatoms. The number of esters is 1. The second kappa shape index (κ2) is 7.49. The third-order valence-electron chi connectivity index (χ3n) is 3.00. The molecular weight excluding hydrogens is 294 g/mol. The molecule has 0 atom stereocenters. The Kier molecular flexibility index (Phi) is 6.19.